The maximum absolute atomic E-state index is 10.8. The van der Waals surface area contributed by atoms with Crippen LogP contribution in [0, 0.1) is 0 Å². The summed E-state index contributed by atoms with van der Waals surface area (Å²) in [6, 6.07) is 3.16. The Morgan fingerprint density at radius 2 is 2.36 bits per heavy atom. The molecule has 3 heteroatoms. The number of rotatable bonds is 2. The van der Waals surface area contributed by atoms with Gasteiger partial charge in [0.05, 0.1) is 0 Å². The van der Waals surface area contributed by atoms with Gasteiger partial charge in [0.2, 0.25) is 0 Å². The molecule has 0 fully saturated rings. The zero-order valence-corrected chi connectivity index (χ0v) is 6.00. The summed E-state index contributed by atoms with van der Waals surface area (Å²) in [6.45, 7) is 1.39. The molecular weight excluding hydrogens is 142 g/mol. The lowest BCUT2D eigenvalue weighted by atomic mass is 10.1. The third-order valence-corrected chi connectivity index (χ3v) is 1.28. The van der Waals surface area contributed by atoms with Crippen LogP contribution in [0.25, 0.3) is 0 Å². The Hall–Kier alpha value is -1.51. The molecule has 1 rings (SSSR count). The highest BCUT2D eigenvalue weighted by Gasteiger charge is 2.05. The number of hydrogen-bond donors (Lipinski definition) is 0. The molecule has 0 saturated carbocycles. The second-order valence-corrected chi connectivity index (χ2v) is 2.06. The molecular formula is C8H6NO2. The third kappa shape index (κ3) is 1.49. The van der Waals surface area contributed by atoms with Crippen LogP contribution in [0.5, 0.6) is 0 Å². The average Bonchev–Trinajstić information content (AvgIpc) is 2.04. The molecule has 1 radical (unpaired) electrons. The Morgan fingerprint density at radius 3 is 2.82 bits per heavy atom. The van der Waals surface area contributed by atoms with E-state index in [0.29, 0.717) is 5.56 Å². The minimum absolute atomic E-state index is 0.0833. The minimum atomic E-state index is -0.170. The highest BCUT2D eigenvalue weighted by Crippen LogP contribution is 2.02. The fourth-order valence-electron chi connectivity index (χ4n) is 0.771. The summed E-state index contributed by atoms with van der Waals surface area (Å²) in [6.07, 6.45) is 3.05. The van der Waals surface area contributed by atoms with Crippen LogP contribution in [0.1, 0.15) is 23.0 Å². The lowest BCUT2D eigenvalue weighted by Gasteiger charge is -1.95. The number of nitrogens with zero attached hydrogens (tertiary/aromatic N) is 1. The van der Waals surface area contributed by atoms with Gasteiger partial charge in [-0.1, -0.05) is 0 Å². The van der Waals surface area contributed by atoms with Gasteiger partial charge in [0, 0.05) is 11.8 Å². The number of carbonyl (C=O) groups is 1. The molecule has 0 atom stereocenters. The molecule has 0 N–H and O–H groups in total. The molecule has 0 amide bonds. The first-order valence-corrected chi connectivity index (χ1v) is 3.10. The van der Waals surface area contributed by atoms with E-state index in [1.54, 1.807) is 18.4 Å². The standard InChI is InChI=1S/C8H6NO2/c1-6(11)7-3-2-4-9-8(7)5-10/h2-4H,1H3. The average molecular weight is 148 g/mol. The maximum atomic E-state index is 10.8. The van der Waals surface area contributed by atoms with Gasteiger partial charge in [-0.3, -0.25) is 14.6 Å². The van der Waals surface area contributed by atoms with Gasteiger partial charge in [-0.15, -0.1) is 0 Å². The molecule has 0 bridgehead atoms. The molecule has 0 aromatic carbocycles. The first-order chi connectivity index (χ1) is 5.25. The van der Waals surface area contributed by atoms with E-state index in [1.807, 2.05) is 0 Å². The van der Waals surface area contributed by atoms with Crippen LogP contribution >= 0.6 is 0 Å². The van der Waals surface area contributed by atoms with Crippen LogP contribution in [0.15, 0.2) is 18.3 Å². The summed E-state index contributed by atoms with van der Waals surface area (Å²) in [5.74, 6) is -0.170. The van der Waals surface area contributed by atoms with Gasteiger partial charge >= 0.3 is 0 Å². The van der Waals surface area contributed by atoms with Crippen molar-refractivity contribution in [2.45, 2.75) is 6.92 Å². The molecule has 3 nitrogen and oxygen atoms in total. The van der Waals surface area contributed by atoms with E-state index in [1.165, 1.54) is 13.1 Å². The number of hydrogen-bond acceptors (Lipinski definition) is 3. The zero-order chi connectivity index (χ0) is 8.27. The van der Waals surface area contributed by atoms with Crippen molar-refractivity contribution in [2.75, 3.05) is 0 Å². The number of Topliss-reactive ketones (excluding diaryl/α,β-unsaturated/α-hetero) is 1. The van der Waals surface area contributed by atoms with Crippen molar-refractivity contribution in [1.82, 2.24) is 4.98 Å². The Bertz CT molecular complexity index is 294. The fraction of sp³-hybridized carbons (Fsp3) is 0.125. The molecule has 1 aromatic heterocycles. The van der Waals surface area contributed by atoms with E-state index < -0.39 is 0 Å². The molecule has 0 aliphatic heterocycles. The van der Waals surface area contributed by atoms with Crippen LogP contribution in [0.2, 0.25) is 0 Å². The van der Waals surface area contributed by atoms with Gasteiger partial charge in [-0.05, 0) is 19.1 Å². The monoisotopic (exact) mass is 148 g/mol. The minimum Gasteiger partial charge on any atom is -0.294 e. The molecule has 0 unspecified atom stereocenters. The Morgan fingerprint density at radius 1 is 1.64 bits per heavy atom. The Kier molecular flexibility index (Phi) is 2.11. The van der Waals surface area contributed by atoms with Gasteiger partial charge < -0.3 is 0 Å². The van der Waals surface area contributed by atoms with Gasteiger partial charge in [0.25, 0.3) is 6.29 Å². The van der Waals surface area contributed by atoms with E-state index in [9.17, 15) is 9.59 Å². The summed E-state index contributed by atoms with van der Waals surface area (Å²) < 4.78 is 0. The molecule has 55 valence electrons. The van der Waals surface area contributed by atoms with E-state index in [-0.39, 0.29) is 11.5 Å². The first-order valence-electron chi connectivity index (χ1n) is 3.10. The van der Waals surface area contributed by atoms with Crippen molar-refractivity contribution in [3.63, 3.8) is 0 Å². The highest BCUT2D eigenvalue weighted by atomic mass is 16.1. The van der Waals surface area contributed by atoms with Crippen LogP contribution in [0.4, 0.5) is 0 Å². The molecule has 0 aliphatic rings. The predicted molar refractivity (Wildman–Crippen MR) is 39.0 cm³/mol. The number of pyridine rings is 1. The topological polar surface area (TPSA) is 47.0 Å². The van der Waals surface area contributed by atoms with Crippen LogP contribution < -0.4 is 0 Å². The molecule has 11 heavy (non-hydrogen) atoms. The number of ketones is 1. The van der Waals surface area contributed by atoms with Crippen molar-refractivity contribution in [3.05, 3.63) is 29.6 Å². The van der Waals surface area contributed by atoms with E-state index >= 15 is 0 Å². The summed E-state index contributed by atoms with van der Waals surface area (Å²) in [5, 5.41) is 0. The molecule has 1 heterocycles. The van der Waals surface area contributed by atoms with Crippen molar-refractivity contribution in [1.29, 1.82) is 0 Å². The maximum Gasteiger partial charge on any atom is 0.254 e. The summed E-state index contributed by atoms with van der Waals surface area (Å²) in [5.41, 5.74) is 0.405. The van der Waals surface area contributed by atoms with Gasteiger partial charge in [0.15, 0.2) is 5.78 Å². The number of aromatic nitrogens is 1. The van der Waals surface area contributed by atoms with Crippen molar-refractivity contribution in [3.8, 4) is 0 Å². The van der Waals surface area contributed by atoms with E-state index in [4.69, 9.17) is 0 Å². The van der Waals surface area contributed by atoms with Crippen molar-refractivity contribution < 1.29 is 9.59 Å². The quantitative estimate of drug-likeness (QED) is 0.581. The molecule has 0 saturated heterocycles. The summed E-state index contributed by atoms with van der Waals surface area (Å²) in [4.78, 5) is 24.7. The van der Waals surface area contributed by atoms with Crippen LogP contribution in [0.3, 0.4) is 0 Å². The Balaban J connectivity index is 3.22. The largest absolute Gasteiger partial charge is 0.294 e. The van der Waals surface area contributed by atoms with Crippen molar-refractivity contribution >= 4 is 12.1 Å². The van der Waals surface area contributed by atoms with Gasteiger partial charge in [-0.2, -0.15) is 0 Å². The first kappa shape index (κ1) is 7.60. The lowest BCUT2D eigenvalue weighted by molar-refractivity contribution is 0.101. The molecule has 0 aliphatic carbocycles. The van der Waals surface area contributed by atoms with Crippen LogP contribution in [-0.4, -0.2) is 17.1 Å². The SMILES string of the molecule is CC(=O)c1cccnc1[C]=O. The predicted octanol–water partition coefficient (Wildman–Crippen LogP) is 0.742. The van der Waals surface area contributed by atoms with E-state index in [2.05, 4.69) is 4.98 Å². The summed E-state index contributed by atoms with van der Waals surface area (Å²) in [7, 11) is 0. The fourth-order valence-corrected chi connectivity index (χ4v) is 0.771. The second kappa shape index (κ2) is 3.05. The molecule has 1 aromatic rings. The Labute approximate surface area is 64.1 Å². The number of carbonyl (C=O) groups excluding carboxylic acids is 2. The van der Waals surface area contributed by atoms with E-state index in [0.717, 1.165) is 0 Å². The summed E-state index contributed by atoms with van der Waals surface area (Å²) >= 11 is 0. The normalized spacial score (nSPS) is 9.18. The van der Waals surface area contributed by atoms with Gasteiger partial charge in [0.1, 0.15) is 5.69 Å². The van der Waals surface area contributed by atoms with Gasteiger partial charge in [-0.25, -0.2) is 0 Å². The smallest absolute Gasteiger partial charge is 0.254 e. The second-order valence-electron chi connectivity index (χ2n) is 2.06. The van der Waals surface area contributed by atoms with Crippen molar-refractivity contribution in [2.24, 2.45) is 0 Å². The van der Waals surface area contributed by atoms with Crippen LogP contribution in [-0.2, 0) is 4.79 Å². The zero-order valence-electron chi connectivity index (χ0n) is 6.00. The third-order valence-electron chi connectivity index (χ3n) is 1.28. The molecule has 0 spiro atoms. The lowest BCUT2D eigenvalue weighted by Crippen LogP contribution is -2.00. The highest BCUT2D eigenvalue weighted by molar-refractivity contribution is 6.00.